The lowest BCUT2D eigenvalue weighted by atomic mass is 10.1. The highest BCUT2D eigenvalue weighted by Crippen LogP contribution is 2.39. The molecule has 0 spiro atoms. The summed E-state index contributed by atoms with van der Waals surface area (Å²) in [5.74, 6) is 0.875. The Kier molecular flexibility index (Phi) is 4.50. The fraction of sp³-hybridized carbons (Fsp3) is 0.154. The molecule has 0 atom stereocenters. The molecule has 0 N–H and O–H groups in total. The second kappa shape index (κ2) is 5.94. The molecule has 3 nitrogen and oxygen atoms in total. The number of carbonyl (C=O) groups is 1. The Morgan fingerprint density at radius 1 is 1.26 bits per heavy atom. The number of hydrogen-bond acceptors (Lipinski definition) is 4. The summed E-state index contributed by atoms with van der Waals surface area (Å²) >= 11 is 10.7. The van der Waals surface area contributed by atoms with Crippen LogP contribution in [0.3, 0.4) is 0 Å². The second-order valence-corrected chi connectivity index (χ2v) is 5.71. The van der Waals surface area contributed by atoms with Crippen LogP contribution in [-0.2, 0) is 0 Å². The third-order valence-electron chi connectivity index (χ3n) is 2.55. The molecule has 0 aliphatic carbocycles. The number of halogens is 2. The average Bonchev–Trinajstić information content (AvgIpc) is 2.83. The number of ketones is 1. The van der Waals surface area contributed by atoms with Crippen molar-refractivity contribution in [2.45, 2.75) is 0 Å². The first-order valence-electron chi connectivity index (χ1n) is 5.28. The largest absolute Gasteiger partial charge is 0.495 e. The van der Waals surface area contributed by atoms with E-state index in [0.717, 1.165) is 0 Å². The highest BCUT2D eigenvalue weighted by atomic mass is 79.9. The van der Waals surface area contributed by atoms with Crippen LogP contribution >= 0.6 is 38.9 Å². The zero-order chi connectivity index (χ0) is 14.0. The van der Waals surface area contributed by atoms with Gasteiger partial charge in [-0.3, -0.25) is 4.79 Å². The fourth-order valence-corrected chi connectivity index (χ4v) is 3.42. The van der Waals surface area contributed by atoms with E-state index in [2.05, 4.69) is 15.9 Å². The maximum Gasteiger partial charge on any atom is 0.208 e. The maximum atomic E-state index is 12.4. The molecule has 0 amide bonds. The predicted octanol–water partition coefficient (Wildman–Crippen LogP) is 4.41. The standard InChI is InChI=1S/C13H10BrClO3S/c1-17-9-4-3-7(12(18-2)10(9)14)11(16)13-8(15)5-6-19-13/h3-6H,1-2H3. The van der Waals surface area contributed by atoms with Crippen molar-refractivity contribution in [3.05, 3.63) is 43.5 Å². The lowest BCUT2D eigenvalue weighted by molar-refractivity contribution is 0.103. The molecular weight excluding hydrogens is 352 g/mol. The molecule has 1 aromatic carbocycles. The van der Waals surface area contributed by atoms with Crippen LogP contribution in [0.1, 0.15) is 15.2 Å². The van der Waals surface area contributed by atoms with Crippen molar-refractivity contribution in [3.8, 4) is 11.5 Å². The number of thiophene rings is 1. The third kappa shape index (κ3) is 2.63. The van der Waals surface area contributed by atoms with E-state index < -0.39 is 0 Å². The molecule has 1 aromatic heterocycles. The number of hydrogen-bond donors (Lipinski definition) is 0. The van der Waals surface area contributed by atoms with Crippen LogP contribution in [0.25, 0.3) is 0 Å². The molecule has 2 aromatic rings. The van der Waals surface area contributed by atoms with Gasteiger partial charge in [-0.05, 0) is 39.5 Å². The van der Waals surface area contributed by atoms with Crippen LogP contribution in [0.15, 0.2) is 28.1 Å². The predicted molar refractivity (Wildman–Crippen MR) is 80.0 cm³/mol. The van der Waals surface area contributed by atoms with E-state index in [0.29, 0.717) is 31.4 Å². The summed E-state index contributed by atoms with van der Waals surface area (Å²) < 4.78 is 11.1. The first-order valence-corrected chi connectivity index (χ1v) is 7.33. The Bertz CT molecular complexity index is 624. The van der Waals surface area contributed by atoms with Gasteiger partial charge in [0, 0.05) is 0 Å². The van der Waals surface area contributed by atoms with E-state index in [1.165, 1.54) is 18.4 Å². The quantitative estimate of drug-likeness (QED) is 0.757. The Morgan fingerprint density at radius 2 is 2.00 bits per heavy atom. The topological polar surface area (TPSA) is 35.5 Å². The molecule has 0 fully saturated rings. The summed E-state index contributed by atoms with van der Waals surface area (Å²) in [6.07, 6.45) is 0. The smallest absolute Gasteiger partial charge is 0.208 e. The summed E-state index contributed by atoms with van der Waals surface area (Å²) in [5.41, 5.74) is 0.444. The number of rotatable bonds is 4. The third-order valence-corrected chi connectivity index (χ3v) is 4.64. The van der Waals surface area contributed by atoms with Crippen molar-refractivity contribution in [1.29, 1.82) is 0 Å². The van der Waals surface area contributed by atoms with E-state index in [4.69, 9.17) is 21.1 Å². The molecule has 0 bridgehead atoms. The fourth-order valence-electron chi connectivity index (χ4n) is 1.65. The van der Waals surface area contributed by atoms with Crippen LogP contribution in [-0.4, -0.2) is 20.0 Å². The average molecular weight is 362 g/mol. The van der Waals surface area contributed by atoms with Crippen molar-refractivity contribution in [1.82, 2.24) is 0 Å². The van der Waals surface area contributed by atoms with E-state index in [-0.39, 0.29) is 5.78 Å². The molecule has 19 heavy (non-hydrogen) atoms. The molecule has 0 saturated carbocycles. The number of benzene rings is 1. The number of methoxy groups -OCH3 is 2. The second-order valence-electron chi connectivity index (χ2n) is 3.59. The van der Waals surface area contributed by atoms with E-state index >= 15 is 0 Å². The minimum atomic E-state index is -0.166. The Morgan fingerprint density at radius 3 is 2.53 bits per heavy atom. The molecular formula is C13H10BrClO3S. The summed E-state index contributed by atoms with van der Waals surface area (Å²) in [7, 11) is 3.06. The van der Waals surface area contributed by atoms with Crippen LogP contribution in [0, 0.1) is 0 Å². The Balaban J connectivity index is 2.54. The van der Waals surface area contributed by atoms with Gasteiger partial charge < -0.3 is 9.47 Å². The molecule has 6 heteroatoms. The SMILES string of the molecule is COc1ccc(C(=O)c2sccc2Cl)c(OC)c1Br. The lowest BCUT2D eigenvalue weighted by Gasteiger charge is -2.12. The molecule has 2 rings (SSSR count). The van der Waals surface area contributed by atoms with Gasteiger partial charge in [-0.1, -0.05) is 11.6 Å². The van der Waals surface area contributed by atoms with Crippen molar-refractivity contribution in [2.75, 3.05) is 14.2 Å². The van der Waals surface area contributed by atoms with Crippen LogP contribution in [0.4, 0.5) is 0 Å². The summed E-state index contributed by atoms with van der Waals surface area (Å²) in [5, 5.41) is 2.23. The lowest BCUT2D eigenvalue weighted by Crippen LogP contribution is -2.04. The molecule has 0 aliphatic rings. The molecule has 0 radical (unpaired) electrons. The Labute approximate surface area is 128 Å². The number of ether oxygens (including phenoxy) is 2. The monoisotopic (exact) mass is 360 g/mol. The number of carbonyl (C=O) groups excluding carboxylic acids is 1. The van der Waals surface area contributed by atoms with E-state index in [9.17, 15) is 4.79 Å². The van der Waals surface area contributed by atoms with Gasteiger partial charge in [0.25, 0.3) is 0 Å². The summed E-state index contributed by atoms with van der Waals surface area (Å²) in [4.78, 5) is 12.9. The zero-order valence-corrected chi connectivity index (χ0v) is 13.4. The Hall–Kier alpha value is -1.04. The maximum absolute atomic E-state index is 12.4. The van der Waals surface area contributed by atoms with Crippen LogP contribution < -0.4 is 9.47 Å². The van der Waals surface area contributed by atoms with Gasteiger partial charge in [0.05, 0.1) is 29.7 Å². The van der Waals surface area contributed by atoms with E-state index in [1.54, 1.807) is 30.7 Å². The minimum absolute atomic E-state index is 0.166. The van der Waals surface area contributed by atoms with E-state index in [1.807, 2.05) is 0 Å². The summed E-state index contributed by atoms with van der Waals surface area (Å²) in [6.45, 7) is 0. The highest BCUT2D eigenvalue weighted by molar-refractivity contribution is 9.10. The van der Waals surface area contributed by atoms with Gasteiger partial charge in [-0.2, -0.15) is 0 Å². The van der Waals surface area contributed by atoms with Gasteiger partial charge in [0.1, 0.15) is 16.0 Å². The minimum Gasteiger partial charge on any atom is -0.495 e. The van der Waals surface area contributed by atoms with Crippen LogP contribution in [0.2, 0.25) is 5.02 Å². The van der Waals surface area contributed by atoms with Crippen molar-refractivity contribution in [2.24, 2.45) is 0 Å². The zero-order valence-electron chi connectivity index (χ0n) is 10.2. The highest BCUT2D eigenvalue weighted by Gasteiger charge is 2.22. The molecule has 0 unspecified atom stereocenters. The van der Waals surface area contributed by atoms with Gasteiger partial charge in [-0.15, -0.1) is 11.3 Å². The van der Waals surface area contributed by atoms with Crippen molar-refractivity contribution < 1.29 is 14.3 Å². The molecule has 0 aliphatic heterocycles. The molecule has 1 heterocycles. The van der Waals surface area contributed by atoms with Gasteiger partial charge in [0.2, 0.25) is 5.78 Å². The first kappa shape index (κ1) is 14.4. The van der Waals surface area contributed by atoms with Gasteiger partial charge in [-0.25, -0.2) is 0 Å². The normalized spacial score (nSPS) is 10.3. The molecule has 0 saturated heterocycles. The first-order chi connectivity index (χ1) is 9.10. The van der Waals surface area contributed by atoms with Gasteiger partial charge in [0.15, 0.2) is 0 Å². The van der Waals surface area contributed by atoms with Crippen molar-refractivity contribution in [3.63, 3.8) is 0 Å². The van der Waals surface area contributed by atoms with Crippen LogP contribution in [0.5, 0.6) is 11.5 Å². The molecule has 100 valence electrons. The van der Waals surface area contributed by atoms with Crippen molar-refractivity contribution >= 4 is 44.7 Å². The summed E-state index contributed by atoms with van der Waals surface area (Å²) in [6, 6.07) is 5.08. The van der Waals surface area contributed by atoms with Gasteiger partial charge >= 0.3 is 0 Å².